The summed E-state index contributed by atoms with van der Waals surface area (Å²) in [6.07, 6.45) is 12.3. The van der Waals surface area contributed by atoms with Crippen LogP contribution in [0.25, 0.3) is 0 Å². The van der Waals surface area contributed by atoms with Crippen molar-refractivity contribution in [3.8, 4) is 11.5 Å². The van der Waals surface area contributed by atoms with Crippen LogP contribution in [0.1, 0.15) is 58.4 Å². The summed E-state index contributed by atoms with van der Waals surface area (Å²) in [5, 5.41) is 3.86. The predicted molar refractivity (Wildman–Crippen MR) is 134 cm³/mol. The van der Waals surface area contributed by atoms with Crippen LogP contribution in [0.2, 0.25) is 0 Å². The first-order valence-electron chi connectivity index (χ1n) is 11.5. The number of ether oxygens (including phenoxy) is 2. The van der Waals surface area contributed by atoms with Gasteiger partial charge in [-0.05, 0) is 66.4 Å². The number of alkyl halides is 1. The largest absolute Gasteiger partial charge is 0.493 e. The Labute approximate surface area is 201 Å². The van der Waals surface area contributed by atoms with Crippen LogP contribution < -0.4 is 14.8 Å². The molecule has 4 nitrogen and oxygen atoms in total. The van der Waals surface area contributed by atoms with Gasteiger partial charge in [-0.15, -0.1) is 0 Å². The van der Waals surface area contributed by atoms with Crippen LogP contribution in [0, 0.1) is 11.3 Å². The standard InChI is InChI=1S/C27H36BrNO3/c1-27(2,3)22-11-9-20(10-12-22)21-6-5-7-23(18-21)29-26(30)17-19-8-13-24(32-15-14-28)25(16-19)31-4/h5-8,13,16,22H,9-12,14-15,17-18H2,1-4H3,(H,29,30). The molecule has 0 aliphatic heterocycles. The zero-order valence-corrected chi connectivity index (χ0v) is 21.4. The summed E-state index contributed by atoms with van der Waals surface area (Å²) in [7, 11) is 1.61. The minimum absolute atomic E-state index is 0.0106. The number of nitrogens with one attached hydrogen (secondary N) is 1. The number of hydrogen-bond donors (Lipinski definition) is 1. The van der Waals surface area contributed by atoms with Crippen molar-refractivity contribution >= 4 is 21.8 Å². The Morgan fingerprint density at radius 3 is 2.59 bits per heavy atom. The average molecular weight is 502 g/mol. The fraction of sp³-hybridized carbons (Fsp3) is 0.519. The molecule has 0 spiro atoms. The lowest BCUT2D eigenvalue weighted by atomic mass is 9.70. The van der Waals surface area contributed by atoms with Gasteiger partial charge >= 0.3 is 0 Å². The first kappa shape index (κ1) is 24.6. The summed E-state index contributed by atoms with van der Waals surface area (Å²) in [5.41, 5.74) is 5.20. The molecule has 0 aromatic heterocycles. The SMILES string of the molecule is COc1cc(CC(=O)NC2=CC=CC(=C3CCC(C(C)(C)C)CC3)C2)ccc1OCCBr. The van der Waals surface area contributed by atoms with Crippen molar-refractivity contribution in [2.75, 3.05) is 19.0 Å². The van der Waals surface area contributed by atoms with E-state index in [1.54, 1.807) is 12.7 Å². The average Bonchev–Trinajstić information content (AvgIpc) is 2.77. The molecule has 174 valence electrons. The van der Waals surface area contributed by atoms with E-state index < -0.39 is 0 Å². The monoisotopic (exact) mass is 501 g/mol. The molecule has 0 radical (unpaired) electrons. The molecule has 0 atom stereocenters. The summed E-state index contributed by atoms with van der Waals surface area (Å²) in [6.45, 7) is 7.62. The lowest BCUT2D eigenvalue weighted by Gasteiger charge is -2.35. The highest BCUT2D eigenvalue weighted by Gasteiger charge is 2.28. The Morgan fingerprint density at radius 2 is 1.94 bits per heavy atom. The van der Waals surface area contributed by atoms with Gasteiger partial charge in [-0.25, -0.2) is 0 Å². The molecule has 0 heterocycles. The number of amides is 1. The molecule has 0 unspecified atom stereocenters. The van der Waals surface area contributed by atoms with E-state index in [0.717, 1.165) is 28.9 Å². The minimum atomic E-state index is -0.0106. The second kappa shape index (κ2) is 11.2. The van der Waals surface area contributed by atoms with Gasteiger partial charge in [0.2, 0.25) is 5.91 Å². The van der Waals surface area contributed by atoms with Gasteiger partial charge in [-0.3, -0.25) is 4.79 Å². The van der Waals surface area contributed by atoms with Crippen LogP contribution in [-0.4, -0.2) is 25.0 Å². The van der Waals surface area contributed by atoms with Crippen molar-refractivity contribution < 1.29 is 14.3 Å². The van der Waals surface area contributed by atoms with E-state index in [1.165, 1.54) is 31.3 Å². The molecule has 2 aliphatic rings. The van der Waals surface area contributed by atoms with E-state index in [4.69, 9.17) is 9.47 Å². The number of carbonyl (C=O) groups excluding carboxylic acids is 1. The number of rotatable bonds is 7. The molecule has 1 aromatic carbocycles. The molecule has 1 aromatic rings. The van der Waals surface area contributed by atoms with Crippen LogP contribution in [0.3, 0.4) is 0 Å². The summed E-state index contributed by atoms with van der Waals surface area (Å²) in [4.78, 5) is 12.7. The van der Waals surface area contributed by atoms with Crippen molar-refractivity contribution in [3.05, 3.63) is 58.8 Å². The van der Waals surface area contributed by atoms with E-state index in [2.05, 4.69) is 54.2 Å². The van der Waals surface area contributed by atoms with Crippen molar-refractivity contribution in [3.63, 3.8) is 0 Å². The van der Waals surface area contributed by atoms with Gasteiger partial charge in [0, 0.05) is 17.4 Å². The molecular formula is C27H36BrNO3. The number of benzene rings is 1. The van der Waals surface area contributed by atoms with E-state index in [1.807, 2.05) is 24.3 Å². The molecule has 32 heavy (non-hydrogen) atoms. The molecule has 5 heteroatoms. The van der Waals surface area contributed by atoms with Gasteiger partial charge in [0.05, 0.1) is 20.1 Å². The molecule has 3 rings (SSSR count). The Balaban J connectivity index is 1.57. The molecule has 1 N–H and O–H groups in total. The van der Waals surface area contributed by atoms with Crippen molar-refractivity contribution in [2.45, 2.75) is 59.3 Å². The lowest BCUT2D eigenvalue weighted by Crippen LogP contribution is -2.26. The highest BCUT2D eigenvalue weighted by Crippen LogP contribution is 2.41. The topological polar surface area (TPSA) is 47.6 Å². The third-order valence-corrected chi connectivity index (χ3v) is 6.79. The molecular weight excluding hydrogens is 466 g/mol. The zero-order chi connectivity index (χ0) is 23.1. The van der Waals surface area contributed by atoms with Gasteiger partial charge in [0.1, 0.15) is 0 Å². The van der Waals surface area contributed by atoms with E-state index in [-0.39, 0.29) is 5.91 Å². The summed E-state index contributed by atoms with van der Waals surface area (Å²) in [6, 6.07) is 5.66. The maximum absolute atomic E-state index is 12.7. The lowest BCUT2D eigenvalue weighted by molar-refractivity contribution is -0.119. The Kier molecular flexibility index (Phi) is 8.64. The maximum atomic E-state index is 12.7. The molecule has 1 fully saturated rings. The number of methoxy groups -OCH3 is 1. The minimum Gasteiger partial charge on any atom is -0.493 e. The first-order valence-corrected chi connectivity index (χ1v) is 12.7. The van der Waals surface area contributed by atoms with Crippen LogP contribution in [0.15, 0.2) is 53.3 Å². The molecule has 0 saturated heterocycles. The van der Waals surface area contributed by atoms with Gasteiger partial charge in [-0.2, -0.15) is 0 Å². The highest BCUT2D eigenvalue weighted by molar-refractivity contribution is 9.09. The second-order valence-corrected chi connectivity index (χ2v) is 10.5. The maximum Gasteiger partial charge on any atom is 0.228 e. The van der Waals surface area contributed by atoms with E-state index >= 15 is 0 Å². The number of carbonyl (C=O) groups is 1. The number of allylic oxidation sites excluding steroid dienone is 5. The van der Waals surface area contributed by atoms with E-state index in [9.17, 15) is 4.79 Å². The number of halogens is 1. The van der Waals surface area contributed by atoms with Crippen LogP contribution in [0.4, 0.5) is 0 Å². The third-order valence-electron chi connectivity index (χ3n) is 6.47. The normalized spacial score (nSPS) is 18.9. The Bertz CT molecular complexity index is 898. The van der Waals surface area contributed by atoms with Crippen molar-refractivity contribution in [2.24, 2.45) is 11.3 Å². The zero-order valence-electron chi connectivity index (χ0n) is 19.8. The van der Waals surface area contributed by atoms with Gasteiger partial charge in [-0.1, -0.05) is 60.5 Å². The van der Waals surface area contributed by atoms with Crippen LogP contribution in [-0.2, 0) is 11.2 Å². The smallest absolute Gasteiger partial charge is 0.228 e. The summed E-state index contributed by atoms with van der Waals surface area (Å²) < 4.78 is 11.1. The van der Waals surface area contributed by atoms with Gasteiger partial charge in [0.15, 0.2) is 11.5 Å². The highest BCUT2D eigenvalue weighted by atomic mass is 79.9. The fourth-order valence-electron chi connectivity index (χ4n) is 4.58. The van der Waals surface area contributed by atoms with Crippen molar-refractivity contribution in [1.29, 1.82) is 0 Å². The molecule has 1 saturated carbocycles. The van der Waals surface area contributed by atoms with E-state index in [0.29, 0.717) is 29.9 Å². The quantitative estimate of drug-likeness (QED) is 0.433. The van der Waals surface area contributed by atoms with Crippen LogP contribution >= 0.6 is 15.9 Å². The van der Waals surface area contributed by atoms with Gasteiger partial charge in [0.25, 0.3) is 0 Å². The molecule has 1 amide bonds. The third kappa shape index (κ3) is 6.74. The predicted octanol–water partition coefficient (Wildman–Crippen LogP) is 6.50. The first-order chi connectivity index (χ1) is 15.3. The second-order valence-electron chi connectivity index (χ2n) is 9.74. The Hall–Kier alpha value is -2.01. The summed E-state index contributed by atoms with van der Waals surface area (Å²) >= 11 is 3.36. The Morgan fingerprint density at radius 1 is 1.19 bits per heavy atom. The van der Waals surface area contributed by atoms with Crippen molar-refractivity contribution in [1.82, 2.24) is 5.32 Å². The number of hydrogen-bond acceptors (Lipinski definition) is 3. The fourth-order valence-corrected chi connectivity index (χ4v) is 4.75. The van der Waals surface area contributed by atoms with Gasteiger partial charge < -0.3 is 14.8 Å². The molecule has 2 aliphatic carbocycles. The molecule has 0 bridgehead atoms. The summed E-state index contributed by atoms with van der Waals surface area (Å²) in [5.74, 6) is 2.12. The van der Waals surface area contributed by atoms with Crippen LogP contribution in [0.5, 0.6) is 11.5 Å².